The van der Waals surface area contributed by atoms with Gasteiger partial charge in [0.15, 0.2) is 0 Å². The molecule has 1 amide bonds. The molecule has 0 aromatic heterocycles. The minimum Gasteiger partial charge on any atom is -0.321 e. The van der Waals surface area contributed by atoms with Crippen molar-refractivity contribution in [2.45, 2.75) is 84.0 Å². The predicted octanol–water partition coefficient (Wildman–Crippen LogP) is 2.90. The third-order valence-corrected chi connectivity index (χ3v) is 7.03. The second-order valence-corrected chi connectivity index (χ2v) is 8.68. The summed E-state index contributed by atoms with van der Waals surface area (Å²) in [6.07, 6.45) is 7.37. The van der Waals surface area contributed by atoms with Gasteiger partial charge in [0.2, 0.25) is 5.91 Å². The summed E-state index contributed by atoms with van der Waals surface area (Å²) in [5.74, 6) is 1.22. The van der Waals surface area contributed by atoms with E-state index in [0.29, 0.717) is 17.4 Å². The highest BCUT2D eigenvalue weighted by atomic mass is 16.2. The lowest BCUT2D eigenvalue weighted by Gasteiger charge is -2.49. The van der Waals surface area contributed by atoms with Gasteiger partial charge in [0.25, 0.3) is 0 Å². The van der Waals surface area contributed by atoms with Crippen molar-refractivity contribution < 1.29 is 4.79 Å². The third-order valence-electron chi connectivity index (χ3n) is 7.03. The second kappa shape index (κ2) is 3.60. The fourth-order valence-electron chi connectivity index (χ4n) is 5.89. The number of carbonyl (C=O) groups excluding carboxylic acids is 1. The molecule has 20 heavy (non-hydrogen) atoms. The first-order chi connectivity index (χ1) is 9.34. The van der Waals surface area contributed by atoms with Crippen molar-refractivity contribution in [1.29, 1.82) is 0 Å². The highest BCUT2D eigenvalue weighted by Gasteiger charge is 2.68. The molecule has 0 radical (unpaired) electrons. The molecule has 0 aromatic carbocycles. The standard InChI is InChI=1S/C17H28N2O/c1-5-12-18-17(8-9-17)14(20)19(12)13-15(2,3)11-6-7-16(13,4)10-11/h11-13,18H,5-10H2,1-4H3. The number of rotatable bonds is 2. The van der Waals surface area contributed by atoms with Crippen molar-refractivity contribution in [3.63, 3.8) is 0 Å². The number of hydrogen-bond acceptors (Lipinski definition) is 2. The molecule has 2 bridgehead atoms. The SMILES string of the molecule is CCC1NC2(CC2)C(=O)N1C1C2(C)CCC(C2)C1(C)C. The van der Waals surface area contributed by atoms with E-state index in [4.69, 9.17) is 0 Å². The average Bonchev–Trinajstić information content (AvgIpc) is 2.92. The molecule has 1 spiro atoms. The second-order valence-electron chi connectivity index (χ2n) is 8.68. The molecular weight excluding hydrogens is 248 g/mol. The Morgan fingerprint density at radius 2 is 1.95 bits per heavy atom. The third kappa shape index (κ3) is 1.38. The van der Waals surface area contributed by atoms with E-state index in [2.05, 4.69) is 37.9 Å². The topological polar surface area (TPSA) is 32.3 Å². The van der Waals surface area contributed by atoms with E-state index >= 15 is 0 Å². The van der Waals surface area contributed by atoms with E-state index in [0.717, 1.165) is 25.2 Å². The van der Waals surface area contributed by atoms with Crippen LogP contribution < -0.4 is 5.32 Å². The summed E-state index contributed by atoms with van der Waals surface area (Å²) in [7, 11) is 0. The van der Waals surface area contributed by atoms with Crippen LogP contribution in [-0.4, -0.2) is 28.6 Å². The maximum absolute atomic E-state index is 13.0. The molecule has 1 N–H and O–H groups in total. The fraction of sp³-hybridized carbons (Fsp3) is 0.941. The van der Waals surface area contributed by atoms with Crippen molar-refractivity contribution in [1.82, 2.24) is 10.2 Å². The predicted molar refractivity (Wildman–Crippen MR) is 79.0 cm³/mol. The molecule has 4 unspecified atom stereocenters. The van der Waals surface area contributed by atoms with Crippen LogP contribution in [0.25, 0.3) is 0 Å². The quantitative estimate of drug-likeness (QED) is 0.841. The van der Waals surface area contributed by atoms with Gasteiger partial charge >= 0.3 is 0 Å². The first-order valence-corrected chi connectivity index (χ1v) is 8.44. The summed E-state index contributed by atoms with van der Waals surface area (Å²) in [6.45, 7) is 9.46. The largest absolute Gasteiger partial charge is 0.321 e. The van der Waals surface area contributed by atoms with E-state index in [9.17, 15) is 4.79 Å². The van der Waals surface area contributed by atoms with Gasteiger partial charge in [-0.2, -0.15) is 0 Å². The van der Waals surface area contributed by atoms with Crippen molar-refractivity contribution >= 4 is 5.91 Å². The number of nitrogens with zero attached hydrogens (tertiary/aromatic N) is 1. The summed E-state index contributed by atoms with van der Waals surface area (Å²) < 4.78 is 0. The summed E-state index contributed by atoms with van der Waals surface area (Å²) in [6, 6.07) is 0.429. The Balaban J connectivity index is 1.74. The summed E-state index contributed by atoms with van der Waals surface area (Å²) >= 11 is 0. The lowest BCUT2D eigenvalue weighted by atomic mass is 9.67. The van der Waals surface area contributed by atoms with Crippen molar-refractivity contribution in [2.75, 3.05) is 0 Å². The lowest BCUT2D eigenvalue weighted by molar-refractivity contribution is -0.139. The van der Waals surface area contributed by atoms with Gasteiger partial charge in [0, 0.05) is 6.04 Å². The van der Waals surface area contributed by atoms with Gasteiger partial charge < -0.3 is 4.90 Å². The first kappa shape index (κ1) is 13.1. The molecule has 1 aliphatic heterocycles. The van der Waals surface area contributed by atoms with E-state index < -0.39 is 0 Å². The van der Waals surface area contributed by atoms with Gasteiger partial charge in [0.05, 0.1) is 11.7 Å². The molecular formula is C17H28N2O. The normalized spacial score (nSPS) is 47.5. The van der Waals surface area contributed by atoms with Gasteiger partial charge in [-0.1, -0.05) is 27.7 Å². The van der Waals surface area contributed by atoms with Crippen molar-refractivity contribution in [3.8, 4) is 0 Å². The Morgan fingerprint density at radius 1 is 1.25 bits per heavy atom. The Hall–Kier alpha value is -0.570. The molecule has 4 atom stereocenters. The Labute approximate surface area is 122 Å². The van der Waals surface area contributed by atoms with Crippen LogP contribution in [0.4, 0.5) is 0 Å². The molecule has 4 rings (SSSR count). The molecule has 1 heterocycles. The van der Waals surface area contributed by atoms with Crippen LogP contribution in [0.2, 0.25) is 0 Å². The molecule has 4 fully saturated rings. The number of amides is 1. The maximum Gasteiger partial charge on any atom is 0.244 e. The lowest BCUT2D eigenvalue weighted by Crippen LogP contribution is -2.56. The van der Waals surface area contributed by atoms with Gasteiger partial charge in [-0.3, -0.25) is 10.1 Å². The van der Waals surface area contributed by atoms with E-state index in [1.807, 2.05) is 0 Å². The highest BCUT2D eigenvalue weighted by Crippen LogP contribution is 2.65. The van der Waals surface area contributed by atoms with E-state index in [-0.39, 0.29) is 17.1 Å². The zero-order valence-electron chi connectivity index (χ0n) is 13.3. The van der Waals surface area contributed by atoms with Gasteiger partial charge in [-0.15, -0.1) is 0 Å². The smallest absolute Gasteiger partial charge is 0.244 e. The van der Waals surface area contributed by atoms with Gasteiger partial charge in [0.1, 0.15) is 0 Å². The van der Waals surface area contributed by atoms with Crippen LogP contribution in [0.3, 0.4) is 0 Å². The van der Waals surface area contributed by atoms with E-state index in [1.165, 1.54) is 19.3 Å². The van der Waals surface area contributed by atoms with Crippen LogP contribution in [0, 0.1) is 16.7 Å². The molecule has 0 aromatic rings. The van der Waals surface area contributed by atoms with E-state index in [1.54, 1.807) is 0 Å². The average molecular weight is 276 g/mol. The molecule has 3 heteroatoms. The Kier molecular flexibility index (Phi) is 2.36. The molecule has 3 saturated carbocycles. The van der Waals surface area contributed by atoms with Gasteiger partial charge in [-0.25, -0.2) is 0 Å². The zero-order valence-corrected chi connectivity index (χ0v) is 13.3. The maximum atomic E-state index is 13.0. The summed E-state index contributed by atoms with van der Waals surface area (Å²) in [5.41, 5.74) is 0.465. The van der Waals surface area contributed by atoms with Crippen LogP contribution in [0.15, 0.2) is 0 Å². The summed E-state index contributed by atoms with van der Waals surface area (Å²) in [4.78, 5) is 15.3. The Morgan fingerprint density at radius 3 is 2.45 bits per heavy atom. The molecule has 1 saturated heterocycles. The van der Waals surface area contributed by atoms with Crippen LogP contribution in [0.1, 0.15) is 66.2 Å². The van der Waals surface area contributed by atoms with Crippen LogP contribution in [-0.2, 0) is 4.79 Å². The number of hydrogen-bond donors (Lipinski definition) is 1. The monoisotopic (exact) mass is 276 g/mol. The molecule has 4 aliphatic rings. The molecule has 3 aliphatic carbocycles. The van der Waals surface area contributed by atoms with Crippen molar-refractivity contribution in [2.24, 2.45) is 16.7 Å². The van der Waals surface area contributed by atoms with Crippen LogP contribution >= 0.6 is 0 Å². The van der Waals surface area contributed by atoms with Gasteiger partial charge in [-0.05, 0) is 55.3 Å². The number of fused-ring (bicyclic) bond motifs is 2. The minimum atomic E-state index is -0.158. The summed E-state index contributed by atoms with van der Waals surface area (Å²) in [5, 5.41) is 3.66. The van der Waals surface area contributed by atoms with Crippen molar-refractivity contribution in [3.05, 3.63) is 0 Å². The molecule has 3 nitrogen and oxygen atoms in total. The highest BCUT2D eigenvalue weighted by molar-refractivity contribution is 5.92. The minimum absolute atomic E-state index is 0.158. The van der Waals surface area contributed by atoms with Crippen LogP contribution in [0.5, 0.6) is 0 Å². The number of carbonyl (C=O) groups is 1. The Bertz CT molecular complexity index is 463. The number of nitrogens with one attached hydrogen (secondary N) is 1. The fourth-order valence-corrected chi connectivity index (χ4v) is 5.89. The molecule has 112 valence electrons. The first-order valence-electron chi connectivity index (χ1n) is 8.44. The zero-order chi connectivity index (χ0) is 14.3.